The number of carbonyl (C=O) groups is 4. The number of amides is 2. The van der Waals surface area contributed by atoms with Crippen molar-refractivity contribution in [2.45, 2.75) is 18.9 Å². The van der Waals surface area contributed by atoms with E-state index >= 15 is 0 Å². The average molecular weight is 390 g/mol. The van der Waals surface area contributed by atoms with Crippen molar-refractivity contribution in [3.63, 3.8) is 0 Å². The number of nitrogens with zero attached hydrogens (tertiary/aromatic N) is 1. The summed E-state index contributed by atoms with van der Waals surface area (Å²) in [7, 11) is 0. The van der Waals surface area contributed by atoms with E-state index in [1.807, 2.05) is 6.07 Å². The zero-order chi connectivity index (χ0) is 19.6. The summed E-state index contributed by atoms with van der Waals surface area (Å²) in [4.78, 5) is 48.7. The van der Waals surface area contributed by atoms with Gasteiger partial charge in [-0.2, -0.15) is 0 Å². The molecular formula is C18H18N2O6S. The molecule has 2 atom stereocenters. The van der Waals surface area contributed by atoms with Crippen LogP contribution >= 0.6 is 11.8 Å². The van der Waals surface area contributed by atoms with E-state index in [1.165, 1.54) is 18.7 Å². The van der Waals surface area contributed by atoms with Gasteiger partial charge in [0.25, 0.3) is 0 Å². The van der Waals surface area contributed by atoms with Gasteiger partial charge < -0.3 is 15.2 Å². The maximum Gasteiger partial charge on any atom is 0.353 e. The molecule has 0 unspecified atom stereocenters. The Labute approximate surface area is 159 Å². The van der Waals surface area contributed by atoms with E-state index in [4.69, 9.17) is 4.74 Å². The quantitative estimate of drug-likeness (QED) is 0.544. The minimum atomic E-state index is -1.35. The summed E-state index contributed by atoms with van der Waals surface area (Å²) in [6, 6.07) is 9.02. The van der Waals surface area contributed by atoms with Gasteiger partial charge in [-0.05, 0) is 5.56 Å². The number of aliphatic carboxylic acids is 1. The largest absolute Gasteiger partial charge is 0.477 e. The van der Waals surface area contributed by atoms with Crippen LogP contribution in [0.1, 0.15) is 12.5 Å². The molecule has 3 rings (SSSR count). The highest BCUT2D eigenvalue weighted by molar-refractivity contribution is 8.00. The van der Waals surface area contributed by atoms with Crippen LogP contribution in [0.25, 0.3) is 0 Å². The molecule has 2 aliphatic rings. The van der Waals surface area contributed by atoms with Gasteiger partial charge in [-0.1, -0.05) is 30.3 Å². The van der Waals surface area contributed by atoms with Crippen LogP contribution in [0, 0.1) is 5.92 Å². The predicted molar refractivity (Wildman–Crippen MR) is 96.2 cm³/mol. The number of nitrogens with one attached hydrogen (secondary N) is 1. The Morgan fingerprint density at radius 2 is 2.00 bits per heavy atom. The van der Waals surface area contributed by atoms with Gasteiger partial charge in [0.2, 0.25) is 11.8 Å². The number of hydrogen-bond donors (Lipinski definition) is 2. The molecule has 0 aliphatic carbocycles. The fourth-order valence-corrected chi connectivity index (χ4v) is 4.37. The van der Waals surface area contributed by atoms with Gasteiger partial charge in [0.15, 0.2) is 0 Å². The monoisotopic (exact) mass is 390 g/mol. The summed E-state index contributed by atoms with van der Waals surface area (Å²) in [6.45, 7) is 1.50. The van der Waals surface area contributed by atoms with Gasteiger partial charge in [-0.3, -0.25) is 14.5 Å². The fraction of sp³-hybridized carbons (Fsp3) is 0.333. The fourth-order valence-electron chi connectivity index (χ4n) is 2.97. The first-order chi connectivity index (χ1) is 12.9. The van der Waals surface area contributed by atoms with Gasteiger partial charge in [-0.15, -0.1) is 11.8 Å². The third-order valence-electron chi connectivity index (χ3n) is 4.31. The first-order valence-electron chi connectivity index (χ1n) is 8.26. The zero-order valence-electron chi connectivity index (χ0n) is 14.5. The summed E-state index contributed by atoms with van der Waals surface area (Å²) in [5, 5.41) is 11.7. The third kappa shape index (κ3) is 3.82. The molecule has 2 amide bonds. The van der Waals surface area contributed by atoms with Crippen LogP contribution in [-0.2, 0) is 30.5 Å². The summed E-state index contributed by atoms with van der Waals surface area (Å²) in [5.74, 6) is -3.16. The number of carboxylic acid groups (broad SMARTS) is 1. The number of fused-ring (bicyclic) bond motifs is 1. The van der Waals surface area contributed by atoms with Crippen molar-refractivity contribution in [3.8, 4) is 0 Å². The van der Waals surface area contributed by atoms with Gasteiger partial charge in [0.1, 0.15) is 12.3 Å². The molecule has 142 valence electrons. The van der Waals surface area contributed by atoms with Crippen LogP contribution in [0.3, 0.4) is 0 Å². The number of rotatable bonds is 6. The summed E-state index contributed by atoms with van der Waals surface area (Å²) < 4.78 is 5.23. The van der Waals surface area contributed by atoms with E-state index in [9.17, 15) is 24.3 Å². The highest BCUT2D eigenvalue weighted by Gasteiger charge is 2.54. The highest BCUT2D eigenvalue weighted by Crippen LogP contribution is 2.43. The second-order valence-corrected chi connectivity index (χ2v) is 7.25. The SMILES string of the molecule is CC(=O)NC[C@@H]1C(=O)N2C(C(=O)O)=C(C(=O)OCc3ccccc3)CS[C@H]12. The smallest absolute Gasteiger partial charge is 0.353 e. The van der Waals surface area contributed by atoms with Crippen molar-refractivity contribution < 1.29 is 29.0 Å². The Bertz CT molecular complexity index is 822. The lowest BCUT2D eigenvalue weighted by molar-refractivity contribution is -0.153. The van der Waals surface area contributed by atoms with E-state index in [2.05, 4.69) is 5.32 Å². The average Bonchev–Trinajstić information content (AvgIpc) is 2.65. The lowest BCUT2D eigenvalue weighted by atomic mass is 9.95. The van der Waals surface area contributed by atoms with Gasteiger partial charge in [0.05, 0.1) is 16.9 Å². The molecule has 8 nitrogen and oxygen atoms in total. The molecular weight excluding hydrogens is 372 g/mol. The van der Waals surface area contributed by atoms with Crippen molar-refractivity contribution in [3.05, 3.63) is 47.2 Å². The number of esters is 1. The maximum absolute atomic E-state index is 12.4. The minimum absolute atomic E-state index is 0.0171. The number of benzene rings is 1. The Morgan fingerprint density at radius 1 is 1.30 bits per heavy atom. The van der Waals surface area contributed by atoms with E-state index in [0.29, 0.717) is 0 Å². The van der Waals surface area contributed by atoms with Crippen LogP contribution in [0.15, 0.2) is 41.6 Å². The minimum Gasteiger partial charge on any atom is -0.477 e. The molecule has 9 heteroatoms. The molecule has 1 saturated heterocycles. The van der Waals surface area contributed by atoms with Crippen LogP contribution in [-0.4, -0.2) is 51.4 Å². The summed E-state index contributed by atoms with van der Waals surface area (Å²) in [6.07, 6.45) is 0. The Kier molecular flexibility index (Phi) is 5.50. The molecule has 0 radical (unpaired) electrons. The summed E-state index contributed by atoms with van der Waals surface area (Å²) >= 11 is 1.29. The molecule has 2 N–H and O–H groups in total. The van der Waals surface area contributed by atoms with Crippen LogP contribution in [0.5, 0.6) is 0 Å². The molecule has 0 saturated carbocycles. The Balaban J connectivity index is 1.74. The first kappa shape index (κ1) is 19.0. The van der Waals surface area contributed by atoms with Gasteiger partial charge in [-0.25, -0.2) is 9.59 Å². The predicted octanol–water partition coefficient (Wildman–Crippen LogP) is 0.736. The van der Waals surface area contributed by atoms with E-state index in [-0.39, 0.29) is 36.1 Å². The lowest BCUT2D eigenvalue weighted by Crippen LogP contribution is -2.64. The molecule has 1 fully saturated rings. The van der Waals surface area contributed by atoms with Crippen LogP contribution in [0.4, 0.5) is 0 Å². The van der Waals surface area contributed by atoms with E-state index in [1.54, 1.807) is 24.3 Å². The number of carboxylic acids is 1. The Hall–Kier alpha value is -2.81. The zero-order valence-corrected chi connectivity index (χ0v) is 15.3. The second kappa shape index (κ2) is 7.83. The highest BCUT2D eigenvalue weighted by atomic mass is 32.2. The molecule has 27 heavy (non-hydrogen) atoms. The van der Waals surface area contributed by atoms with Gasteiger partial charge >= 0.3 is 11.9 Å². The number of β-lactam (4-membered cyclic amide) rings is 1. The molecule has 0 spiro atoms. The molecule has 0 bridgehead atoms. The van der Waals surface area contributed by atoms with Crippen molar-refractivity contribution in [2.75, 3.05) is 12.3 Å². The molecule has 1 aromatic carbocycles. The van der Waals surface area contributed by atoms with Crippen LogP contribution < -0.4 is 5.32 Å². The van der Waals surface area contributed by atoms with E-state index < -0.39 is 29.1 Å². The topological polar surface area (TPSA) is 113 Å². The first-order valence-corrected chi connectivity index (χ1v) is 9.31. The molecule has 1 aromatic rings. The number of hydrogen-bond acceptors (Lipinski definition) is 6. The Morgan fingerprint density at radius 3 is 2.63 bits per heavy atom. The normalized spacial score (nSPS) is 21.2. The van der Waals surface area contributed by atoms with Crippen LogP contribution in [0.2, 0.25) is 0 Å². The van der Waals surface area contributed by atoms with Crippen molar-refractivity contribution in [1.29, 1.82) is 0 Å². The lowest BCUT2D eigenvalue weighted by Gasteiger charge is -2.49. The van der Waals surface area contributed by atoms with Crippen molar-refractivity contribution >= 4 is 35.5 Å². The summed E-state index contributed by atoms with van der Waals surface area (Å²) in [5.41, 5.74) is 0.409. The maximum atomic E-state index is 12.4. The number of thioether (sulfide) groups is 1. The standard InChI is InChI=1S/C18H18N2O6S/c1-10(21)19-7-12-15(22)20-14(17(23)24)13(9-27-16(12)20)18(25)26-8-11-5-3-2-4-6-11/h2-6,12,16H,7-9H2,1H3,(H,19,21)(H,23,24)/t12-,16-/m1/s1. The van der Waals surface area contributed by atoms with Crippen molar-refractivity contribution in [1.82, 2.24) is 10.2 Å². The number of carbonyl (C=O) groups excluding carboxylic acids is 3. The molecule has 0 aromatic heterocycles. The third-order valence-corrected chi connectivity index (χ3v) is 5.65. The molecule has 2 heterocycles. The number of ether oxygens (including phenoxy) is 1. The van der Waals surface area contributed by atoms with Gasteiger partial charge in [0, 0.05) is 19.2 Å². The van der Waals surface area contributed by atoms with Crippen molar-refractivity contribution in [2.24, 2.45) is 5.92 Å². The molecule has 2 aliphatic heterocycles. The van der Waals surface area contributed by atoms with E-state index in [0.717, 1.165) is 10.5 Å². The second-order valence-electron chi connectivity index (χ2n) is 6.15.